The van der Waals surface area contributed by atoms with Crippen LogP contribution in [0.4, 0.5) is 0 Å². The van der Waals surface area contributed by atoms with Crippen molar-refractivity contribution in [2.24, 2.45) is 17.8 Å². The fraction of sp³-hybridized carbons (Fsp3) is 0.731. The van der Waals surface area contributed by atoms with Gasteiger partial charge in [0.2, 0.25) is 5.91 Å². The molecule has 0 unspecified atom stereocenters. The van der Waals surface area contributed by atoms with E-state index in [1.807, 2.05) is 0 Å². The Hall–Kier alpha value is -1.43. The van der Waals surface area contributed by atoms with Crippen LogP contribution in [0.15, 0.2) is 24.3 Å². The molecule has 1 aromatic rings. The highest BCUT2D eigenvalue weighted by molar-refractivity contribution is 5.79. The molecule has 4 fully saturated rings. The first-order valence-corrected chi connectivity index (χ1v) is 12.5. The van der Waals surface area contributed by atoms with E-state index >= 15 is 0 Å². The number of aliphatic hydroxyl groups is 1. The molecule has 0 spiro atoms. The number of amides is 1. The Kier molecular flexibility index (Phi) is 6.63. The molecule has 4 atom stereocenters. The highest BCUT2D eigenvalue weighted by atomic mass is 16.5. The predicted octanol–water partition coefficient (Wildman–Crippen LogP) is 3.06. The molecule has 170 valence electrons. The molecular formula is C26H38N2O3. The smallest absolute Gasteiger partial charge is 0.225 e. The number of likely N-dealkylation sites (tertiary alicyclic amines) is 2. The van der Waals surface area contributed by atoms with E-state index in [-0.39, 0.29) is 12.5 Å². The van der Waals surface area contributed by atoms with E-state index in [0.717, 1.165) is 65.1 Å². The van der Waals surface area contributed by atoms with E-state index < -0.39 is 0 Å². The lowest BCUT2D eigenvalue weighted by Gasteiger charge is -2.27. The van der Waals surface area contributed by atoms with Gasteiger partial charge in [0, 0.05) is 44.8 Å². The van der Waals surface area contributed by atoms with Gasteiger partial charge in [-0.1, -0.05) is 24.3 Å². The lowest BCUT2D eigenvalue weighted by atomic mass is 9.86. The number of ether oxygens (including phenoxy) is 1. The van der Waals surface area contributed by atoms with Crippen molar-refractivity contribution in [1.29, 1.82) is 0 Å². The molecule has 3 saturated heterocycles. The van der Waals surface area contributed by atoms with E-state index in [1.165, 1.54) is 30.4 Å². The Morgan fingerprint density at radius 2 is 1.84 bits per heavy atom. The van der Waals surface area contributed by atoms with E-state index in [4.69, 9.17) is 4.74 Å². The van der Waals surface area contributed by atoms with Crippen LogP contribution in [-0.4, -0.2) is 72.9 Å². The van der Waals surface area contributed by atoms with Crippen molar-refractivity contribution < 1.29 is 14.6 Å². The second kappa shape index (κ2) is 9.60. The van der Waals surface area contributed by atoms with Crippen LogP contribution in [0.25, 0.3) is 0 Å². The van der Waals surface area contributed by atoms with Gasteiger partial charge >= 0.3 is 0 Å². The number of hydrogen-bond donors (Lipinski definition) is 1. The normalized spacial score (nSPS) is 32.0. The fourth-order valence-corrected chi connectivity index (χ4v) is 6.66. The van der Waals surface area contributed by atoms with Crippen molar-refractivity contribution in [3.63, 3.8) is 0 Å². The second-order valence-corrected chi connectivity index (χ2v) is 10.2. The fourth-order valence-electron chi connectivity index (χ4n) is 6.66. The minimum atomic E-state index is 0.186. The molecule has 1 N–H and O–H groups in total. The van der Waals surface area contributed by atoms with Crippen LogP contribution < -0.4 is 0 Å². The lowest BCUT2D eigenvalue weighted by molar-refractivity contribution is -0.137. The summed E-state index contributed by atoms with van der Waals surface area (Å²) in [6, 6.07) is 9.68. The number of nitrogens with zero attached hydrogens (tertiary/aromatic N) is 2. The van der Waals surface area contributed by atoms with Gasteiger partial charge < -0.3 is 14.7 Å². The molecule has 1 amide bonds. The molecule has 3 heterocycles. The van der Waals surface area contributed by atoms with Gasteiger partial charge in [-0.3, -0.25) is 9.69 Å². The zero-order valence-electron chi connectivity index (χ0n) is 18.8. The molecule has 1 aromatic carbocycles. The van der Waals surface area contributed by atoms with E-state index in [2.05, 4.69) is 34.1 Å². The number of fused-ring (bicyclic) bond motifs is 1. The van der Waals surface area contributed by atoms with E-state index in [1.54, 1.807) is 0 Å². The first kappa shape index (κ1) is 21.4. The highest BCUT2D eigenvalue weighted by Crippen LogP contribution is 2.48. The Labute approximate surface area is 186 Å². The molecular weight excluding hydrogens is 388 g/mol. The van der Waals surface area contributed by atoms with Crippen LogP contribution in [-0.2, 0) is 16.0 Å². The zero-order chi connectivity index (χ0) is 21.2. The average molecular weight is 427 g/mol. The third kappa shape index (κ3) is 4.55. The standard InChI is InChI=1S/C26H38N2O3/c29-18-23-2-1-12-27(23)13-9-19-3-5-20(6-4-19)24-8-7-22-16-28(17-25(22)24)26(30)21-10-14-31-15-11-21/h3-6,21-25,29H,1-2,7-18H2/t22-,23+,24+,25+/m1/s1. The third-order valence-corrected chi connectivity index (χ3v) is 8.54. The first-order chi connectivity index (χ1) is 15.2. The summed E-state index contributed by atoms with van der Waals surface area (Å²) in [5.74, 6) is 2.48. The number of carbonyl (C=O) groups excluding carboxylic acids is 1. The van der Waals surface area contributed by atoms with Crippen LogP contribution in [0.2, 0.25) is 0 Å². The summed E-state index contributed by atoms with van der Waals surface area (Å²) >= 11 is 0. The predicted molar refractivity (Wildman–Crippen MR) is 121 cm³/mol. The highest BCUT2D eigenvalue weighted by Gasteiger charge is 2.45. The third-order valence-electron chi connectivity index (χ3n) is 8.54. The van der Waals surface area contributed by atoms with Crippen LogP contribution in [0.5, 0.6) is 0 Å². The summed E-state index contributed by atoms with van der Waals surface area (Å²) in [7, 11) is 0. The maximum absolute atomic E-state index is 13.0. The molecule has 5 rings (SSSR count). The zero-order valence-corrected chi connectivity index (χ0v) is 18.8. The monoisotopic (exact) mass is 426 g/mol. The van der Waals surface area contributed by atoms with Gasteiger partial charge in [0.25, 0.3) is 0 Å². The molecule has 4 aliphatic rings. The molecule has 5 nitrogen and oxygen atoms in total. The second-order valence-electron chi connectivity index (χ2n) is 10.2. The summed E-state index contributed by atoms with van der Waals surface area (Å²) < 4.78 is 5.44. The minimum absolute atomic E-state index is 0.186. The molecule has 0 radical (unpaired) electrons. The van der Waals surface area contributed by atoms with E-state index in [9.17, 15) is 9.90 Å². The number of aliphatic hydroxyl groups excluding tert-OH is 1. The summed E-state index contributed by atoms with van der Waals surface area (Å²) in [4.78, 5) is 17.6. The van der Waals surface area contributed by atoms with Gasteiger partial charge in [-0.2, -0.15) is 0 Å². The van der Waals surface area contributed by atoms with Crippen LogP contribution in [0, 0.1) is 17.8 Å². The minimum Gasteiger partial charge on any atom is -0.395 e. The molecule has 31 heavy (non-hydrogen) atoms. The van der Waals surface area contributed by atoms with Crippen molar-refractivity contribution in [3.8, 4) is 0 Å². The van der Waals surface area contributed by atoms with Crippen molar-refractivity contribution in [2.75, 3.05) is 46.0 Å². The van der Waals surface area contributed by atoms with Gasteiger partial charge in [-0.05, 0) is 80.4 Å². The van der Waals surface area contributed by atoms with Crippen molar-refractivity contribution in [2.45, 2.75) is 56.9 Å². The molecule has 3 aliphatic heterocycles. The van der Waals surface area contributed by atoms with Gasteiger partial charge in [0.15, 0.2) is 0 Å². The molecule has 0 aromatic heterocycles. The van der Waals surface area contributed by atoms with Gasteiger partial charge in [0.1, 0.15) is 0 Å². The lowest BCUT2D eigenvalue weighted by Crippen LogP contribution is -2.37. The van der Waals surface area contributed by atoms with Gasteiger partial charge in [-0.15, -0.1) is 0 Å². The van der Waals surface area contributed by atoms with Crippen molar-refractivity contribution in [1.82, 2.24) is 9.80 Å². The van der Waals surface area contributed by atoms with Crippen molar-refractivity contribution in [3.05, 3.63) is 35.4 Å². The van der Waals surface area contributed by atoms with E-state index in [0.29, 0.717) is 29.7 Å². The molecule has 0 bridgehead atoms. The molecule has 5 heteroatoms. The number of carbonyl (C=O) groups is 1. The number of benzene rings is 1. The largest absolute Gasteiger partial charge is 0.395 e. The van der Waals surface area contributed by atoms with Crippen LogP contribution >= 0.6 is 0 Å². The number of rotatable bonds is 6. The molecule has 1 aliphatic carbocycles. The Bertz CT molecular complexity index is 746. The maximum atomic E-state index is 13.0. The van der Waals surface area contributed by atoms with Gasteiger partial charge in [-0.25, -0.2) is 0 Å². The Morgan fingerprint density at radius 1 is 1.03 bits per heavy atom. The quantitative estimate of drug-likeness (QED) is 0.760. The SMILES string of the molecule is O=C(C1CCOCC1)N1C[C@H]2CC[C@@H](c3ccc(CCN4CCC[C@H]4CO)cc3)[C@H]2C1. The Balaban J connectivity index is 1.17. The first-order valence-electron chi connectivity index (χ1n) is 12.5. The summed E-state index contributed by atoms with van der Waals surface area (Å²) in [6.07, 6.45) is 7.71. The number of hydrogen-bond acceptors (Lipinski definition) is 4. The average Bonchev–Trinajstić information content (AvgIpc) is 3.54. The summed E-state index contributed by atoms with van der Waals surface area (Å²) in [6.45, 7) is 5.85. The summed E-state index contributed by atoms with van der Waals surface area (Å²) in [5, 5.41) is 9.52. The maximum Gasteiger partial charge on any atom is 0.225 e. The van der Waals surface area contributed by atoms with Crippen molar-refractivity contribution >= 4 is 5.91 Å². The molecule has 1 saturated carbocycles. The van der Waals surface area contributed by atoms with Crippen LogP contribution in [0.3, 0.4) is 0 Å². The van der Waals surface area contributed by atoms with Crippen LogP contribution in [0.1, 0.15) is 55.6 Å². The summed E-state index contributed by atoms with van der Waals surface area (Å²) in [5.41, 5.74) is 2.86. The van der Waals surface area contributed by atoms with Gasteiger partial charge in [0.05, 0.1) is 6.61 Å². The topological polar surface area (TPSA) is 53.0 Å². The Morgan fingerprint density at radius 3 is 2.61 bits per heavy atom.